The van der Waals surface area contributed by atoms with Gasteiger partial charge in [-0.2, -0.15) is 0 Å². The smallest absolute Gasteiger partial charge is 0.236 e. The summed E-state index contributed by atoms with van der Waals surface area (Å²) < 4.78 is 6.52. The fourth-order valence-electron chi connectivity index (χ4n) is 8.13. The summed E-state index contributed by atoms with van der Waals surface area (Å²) in [4.78, 5) is 20.3. The van der Waals surface area contributed by atoms with Crippen LogP contribution in [-0.2, 0) is 16.6 Å². The largest absolute Gasteiger partial charge is 0.504 e. The van der Waals surface area contributed by atoms with Gasteiger partial charge in [-0.1, -0.05) is 6.07 Å². The normalized spacial score (nSPS) is 39.0. The average Bonchev–Trinajstić information content (AvgIpc) is 3.47. The molecular weight excluding hydrogens is 430 g/mol. The topological polar surface area (TPSA) is 76.5 Å². The van der Waals surface area contributed by atoms with Crippen LogP contribution in [0.4, 0.5) is 0 Å². The number of phenolic OH excluding ortho intramolecular Hbond substituents is 1. The van der Waals surface area contributed by atoms with E-state index in [1.807, 2.05) is 11.0 Å². The number of aliphatic hydroxyl groups is 1. The van der Waals surface area contributed by atoms with E-state index in [0.29, 0.717) is 37.8 Å². The van der Waals surface area contributed by atoms with E-state index in [2.05, 4.69) is 16.7 Å². The molecule has 0 radical (unpaired) electrons. The zero-order chi connectivity index (χ0) is 23.2. The predicted octanol–water partition coefficient (Wildman–Crippen LogP) is 1.88. The molecule has 0 unspecified atom stereocenters. The van der Waals surface area contributed by atoms with Crippen molar-refractivity contribution < 1.29 is 19.7 Å². The lowest BCUT2D eigenvalue weighted by atomic mass is 9.52. The molecule has 2 bridgehead atoms. The Morgan fingerprint density at radius 3 is 2.76 bits per heavy atom. The first-order valence-electron chi connectivity index (χ1n) is 13.4. The third kappa shape index (κ3) is 2.83. The summed E-state index contributed by atoms with van der Waals surface area (Å²) in [5.74, 6) is 1.61. The minimum atomic E-state index is -0.965. The van der Waals surface area contributed by atoms with Crippen LogP contribution in [0.2, 0.25) is 0 Å². The van der Waals surface area contributed by atoms with E-state index >= 15 is 0 Å². The van der Waals surface area contributed by atoms with E-state index in [-0.39, 0.29) is 23.8 Å². The second-order valence-corrected chi connectivity index (χ2v) is 11.9. The molecule has 7 rings (SSSR count). The molecule has 1 spiro atoms. The van der Waals surface area contributed by atoms with E-state index in [1.165, 1.54) is 18.4 Å². The highest BCUT2D eigenvalue weighted by atomic mass is 16.5. The van der Waals surface area contributed by atoms with Gasteiger partial charge in [0.2, 0.25) is 5.91 Å². The average molecular weight is 468 g/mol. The molecule has 3 saturated heterocycles. The number of nitrogens with zero attached hydrogens (tertiary/aromatic N) is 3. The van der Waals surface area contributed by atoms with Crippen molar-refractivity contribution in [2.45, 2.75) is 81.1 Å². The van der Waals surface area contributed by atoms with Gasteiger partial charge in [-0.3, -0.25) is 14.6 Å². The molecule has 4 fully saturated rings. The number of rotatable bonds is 4. The Bertz CT molecular complexity index is 1030. The Balaban J connectivity index is 1.27. The molecule has 1 aromatic rings. The van der Waals surface area contributed by atoms with Crippen molar-refractivity contribution in [3.63, 3.8) is 0 Å². The second kappa shape index (κ2) is 7.34. The number of ether oxygens (including phenoxy) is 1. The Labute approximate surface area is 201 Å². The fraction of sp³-hybridized carbons (Fsp3) is 0.741. The van der Waals surface area contributed by atoms with Crippen LogP contribution in [0.5, 0.6) is 11.5 Å². The summed E-state index contributed by atoms with van der Waals surface area (Å²) in [6.45, 7) is 6.68. The number of phenols is 1. The standard InChI is InChI=1S/C27H37N3O4/c1-17-3-2-10-28(17)16-23(32)30-12-9-27(33)21-13-19-6-7-20(31)25-24(19)26(27,22(15-30)34-25)8-11-29(21)14-18-4-5-18/h6-7,17-18,21-22,31,33H,2-5,8-16H2,1H3/t17-,21+,22-,26+,27+/m0/s1. The summed E-state index contributed by atoms with van der Waals surface area (Å²) in [5, 5.41) is 23.4. The summed E-state index contributed by atoms with van der Waals surface area (Å²) in [5.41, 5.74) is 0.711. The number of piperidine rings is 1. The van der Waals surface area contributed by atoms with Crippen LogP contribution in [0, 0.1) is 5.92 Å². The summed E-state index contributed by atoms with van der Waals surface area (Å²) in [6.07, 6.45) is 6.72. The lowest BCUT2D eigenvalue weighted by Gasteiger charge is -2.60. The van der Waals surface area contributed by atoms with Crippen LogP contribution < -0.4 is 4.74 Å². The molecule has 6 aliphatic rings. The SMILES string of the molecule is C[C@H]1CCCN1CC(=O)N1CC[C@@]2(O)[C@H]3Cc4ccc(O)c5c4[C@@]2(CCN3CC2CC2)[C@H](C1)O5. The number of carbonyl (C=O) groups is 1. The van der Waals surface area contributed by atoms with Gasteiger partial charge in [0, 0.05) is 30.7 Å². The highest BCUT2D eigenvalue weighted by molar-refractivity contribution is 5.78. The Kier molecular flexibility index (Phi) is 4.63. The quantitative estimate of drug-likeness (QED) is 0.704. The fourth-order valence-corrected chi connectivity index (χ4v) is 8.13. The van der Waals surface area contributed by atoms with Crippen LogP contribution in [0.3, 0.4) is 0 Å². The van der Waals surface area contributed by atoms with Crippen molar-refractivity contribution >= 4 is 5.91 Å². The third-order valence-corrected chi connectivity index (χ3v) is 10.2. The molecule has 34 heavy (non-hydrogen) atoms. The molecule has 5 atom stereocenters. The van der Waals surface area contributed by atoms with Crippen molar-refractivity contribution in [2.75, 3.05) is 39.3 Å². The van der Waals surface area contributed by atoms with Crippen molar-refractivity contribution in [2.24, 2.45) is 5.92 Å². The molecule has 2 N–H and O–H groups in total. The number of benzene rings is 1. The number of hydrogen-bond donors (Lipinski definition) is 2. The molecule has 7 heteroatoms. The zero-order valence-corrected chi connectivity index (χ0v) is 20.2. The third-order valence-electron chi connectivity index (χ3n) is 10.2. The number of hydrogen-bond acceptors (Lipinski definition) is 6. The molecular formula is C27H37N3O4. The molecule has 4 aliphatic heterocycles. The summed E-state index contributed by atoms with van der Waals surface area (Å²) in [7, 11) is 0. The van der Waals surface area contributed by atoms with Gasteiger partial charge in [-0.25, -0.2) is 0 Å². The second-order valence-electron chi connectivity index (χ2n) is 11.9. The highest BCUT2D eigenvalue weighted by Crippen LogP contribution is 2.63. The molecule has 7 nitrogen and oxygen atoms in total. The van der Waals surface area contributed by atoms with Crippen molar-refractivity contribution in [3.8, 4) is 11.5 Å². The van der Waals surface area contributed by atoms with E-state index < -0.39 is 11.0 Å². The summed E-state index contributed by atoms with van der Waals surface area (Å²) >= 11 is 0. The number of likely N-dealkylation sites (tertiary alicyclic amines) is 3. The van der Waals surface area contributed by atoms with Crippen LogP contribution in [-0.4, -0.2) is 93.9 Å². The highest BCUT2D eigenvalue weighted by Gasteiger charge is 2.71. The minimum absolute atomic E-state index is 0.0320. The Morgan fingerprint density at radius 2 is 2.00 bits per heavy atom. The monoisotopic (exact) mass is 467 g/mol. The van der Waals surface area contributed by atoms with E-state index in [0.717, 1.165) is 56.8 Å². The van der Waals surface area contributed by atoms with Crippen molar-refractivity contribution in [3.05, 3.63) is 23.3 Å². The lowest BCUT2D eigenvalue weighted by Crippen LogP contribution is -2.74. The molecule has 1 saturated carbocycles. The van der Waals surface area contributed by atoms with E-state index in [1.54, 1.807) is 6.07 Å². The predicted molar refractivity (Wildman–Crippen MR) is 127 cm³/mol. The van der Waals surface area contributed by atoms with Crippen molar-refractivity contribution in [1.29, 1.82) is 0 Å². The van der Waals surface area contributed by atoms with Crippen molar-refractivity contribution in [1.82, 2.24) is 14.7 Å². The first-order chi connectivity index (χ1) is 16.4. The van der Waals surface area contributed by atoms with Gasteiger partial charge in [0.05, 0.1) is 24.1 Å². The number of amides is 1. The zero-order valence-electron chi connectivity index (χ0n) is 20.2. The first-order valence-corrected chi connectivity index (χ1v) is 13.4. The van der Waals surface area contributed by atoms with Crippen LogP contribution in [0.15, 0.2) is 12.1 Å². The molecule has 2 aliphatic carbocycles. The summed E-state index contributed by atoms with van der Waals surface area (Å²) in [6, 6.07) is 4.27. The Morgan fingerprint density at radius 1 is 1.15 bits per heavy atom. The Hall–Kier alpha value is -1.83. The molecule has 1 amide bonds. The molecule has 0 aromatic heterocycles. The maximum Gasteiger partial charge on any atom is 0.236 e. The van der Waals surface area contributed by atoms with Crippen LogP contribution >= 0.6 is 0 Å². The minimum Gasteiger partial charge on any atom is -0.504 e. The lowest BCUT2D eigenvalue weighted by molar-refractivity contribution is -0.162. The van der Waals surface area contributed by atoms with Gasteiger partial charge >= 0.3 is 0 Å². The molecule has 184 valence electrons. The number of aromatic hydroxyl groups is 1. The maximum atomic E-state index is 13.5. The van der Waals surface area contributed by atoms with Gasteiger partial charge < -0.3 is 19.8 Å². The van der Waals surface area contributed by atoms with Gasteiger partial charge in [-0.15, -0.1) is 0 Å². The first kappa shape index (κ1) is 21.5. The van der Waals surface area contributed by atoms with Gasteiger partial charge in [0.1, 0.15) is 6.10 Å². The van der Waals surface area contributed by atoms with E-state index in [9.17, 15) is 15.0 Å². The number of carbonyl (C=O) groups excluding carboxylic acids is 1. The van der Waals surface area contributed by atoms with Gasteiger partial charge in [-0.05, 0) is 82.5 Å². The van der Waals surface area contributed by atoms with E-state index in [4.69, 9.17) is 4.74 Å². The maximum absolute atomic E-state index is 13.5. The van der Waals surface area contributed by atoms with Crippen LogP contribution in [0.1, 0.15) is 56.6 Å². The van der Waals surface area contributed by atoms with Gasteiger partial charge in [0.15, 0.2) is 11.5 Å². The molecule has 1 aromatic carbocycles. The molecule has 4 heterocycles. The van der Waals surface area contributed by atoms with Gasteiger partial charge in [0.25, 0.3) is 0 Å². The van der Waals surface area contributed by atoms with Crippen LogP contribution in [0.25, 0.3) is 0 Å².